The molecule has 3 N–H and O–H groups in total. The molecule has 0 bridgehead atoms. The van der Waals surface area contributed by atoms with Crippen molar-refractivity contribution in [1.29, 1.82) is 0 Å². The molecule has 4 heteroatoms. The summed E-state index contributed by atoms with van der Waals surface area (Å²) < 4.78 is 0. The second kappa shape index (κ2) is 7.74. The zero-order valence-corrected chi connectivity index (χ0v) is 12.1. The van der Waals surface area contributed by atoms with Crippen LogP contribution in [0.25, 0.3) is 0 Å². The molecule has 1 unspecified atom stereocenters. The number of likely N-dealkylation sites (tertiary alicyclic amines) is 1. The molecule has 1 saturated heterocycles. The highest BCUT2D eigenvalue weighted by molar-refractivity contribution is 5.79. The number of piperidine rings is 1. The normalized spacial score (nSPS) is 20.1. The average Bonchev–Trinajstić information content (AvgIpc) is 2.36. The van der Waals surface area contributed by atoms with Gasteiger partial charge in [0, 0.05) is 31.7 Å². The highest BCUT2D eigenvalue weighted by Gasteiger charge is 2.24. The largest absolute Gasteiger partial charge is 0.353 e. The van der Waals surface area contributed by atoms with Gasteiger partial charge in [0.25, 0.3) is 0 Å². The van der Waals surface area contributed by atoms with Crippen LogP contribution in [0.5, 0.6) is 0 Å². The molecule has 0 aromatic rings. The summed E-state index contributed by atoms with van der Waals surface area (Å²) in [5.74, 6) is 0.153. The van der Waals surface area contributed by atoms with Crippen LogP contribution in [-0.2, 0) is 4.79 Å². The fourth-order valence-electron chi connectivity index (χ4n) is 2.58. The standard InChI is InChI=1S/C14H29N3O/c1-4-5-12(10-15)14(18)16-13-6-8-17(9-7-13)11(2)3/h11-13H,4-10,15H2,1-3H3,(H,16,18). The molecule has 1 heterocycles. The number of amides is 1. The lowest BCUT2D eigenvalue weighted by atomic mass is 9.99. The quantitative estimate of drug-likeness (QED) is 0.753. The molecule has 0 aromatic heterocycles. The predicted octanol–water partition coefficient (Wildman–Crippen LogP) is 1.35. The predicted molar refractivity (Wildman–Crippen MR) is 75.3 cm³/mol. The molecule has 106 valence electrons. The van der Waals surface area contributed by atoms with Crippen LogP contribution in [-0.4, -0.2) is 42.5 Å². The Kier molecular flexibility index (Phi) is 6.65. The molecule has 4 nitrogen and oxygen atoms in total. The molecule has 1 amide bonds. The summed E-state index contributed by atoms with van der Waals surface area (Å²) in [6.45, 7) is 9.18. The molecule has 18 heavy (non-hydrogen) atoms. The van der Waals surface area contributed by atoms with Crippen LogP contribution in [0.2, 0.25) is 0 Å². The minimum Gasteiger partial charge on any atom is -0.353 e. The summed E-state index contributed by atoms with van der Waals surface area (Å²) in [6.07, 6.45) is 4.04. The van der Waals surface area contributed by atoms with E-state index in [1.54, 1.807) is 0 Å². The second-order valence-corrected chi connectivity index (χ2v) is 5.63. The van der Waals surface area contributed by atoms with Gasteiger partial charge in [-0.1, -0.05) is 13.3 Å². The van der Waals surface area contributed by atoms with E-state index in [9.17, 15) is 4.79 Å². The number of nitrogens with two attached hydrogens (primary N) is 1. The van der Waals surface area contributed by atoms with E-state index in [0.29, 0.717) is 18.6 Å². The molecule has 0 spiro atoms. The zero-order valence-electron chi connectivity index (χ0n) is 12.1. The first kappa shape index (κ1) is 15.4. The molecule has 1 aliphatic rings. The first-order valence-corrected chi connectivity index (χ1v) is 7.33. The van der Waals surface area contributed by atoms with Crippen LogP contribution in [0.3, 0.4) is 0 Å². The Morgan fingerprint density at radius 3 is 2.44 bits per heavy atom. The number of hydrogen-bond donors (Lipinski definition) is 2. The maximum atomic E-state index is 12.0. The molecule has 1 fully saturated rings. The van der Waals surface area contributed by atoms with E-state index in [1.165, 1.54) is 0 Å². The Bertz CT molecular complexity index is 247. The lowest BCUT2D eigenvalue weighted by Crippen LogP contribution is -2.48. The van der Waals surface area contributed by atoms with Gasteiger partial charge < -0.3 is 16.0 Å². The van der Waals surface area contributed by atoms with E-state index >= 15 is 0 Å². The van der Waals surface area contributed by atoms with Crippen LogP contribution in [0.15, 0.2) is 0 Å². The average molecular weight is 255 g/mol. The van der Waals surface area contributed by atoms with E-state index in [4.69, 9.17) is 5.73 Å². The van der Waals surface area contributed by atoms with Gasteiger partial charge in [0.1, 0.15) is 0 Å². The highest BCUT2D eigenvalue weighted by Crippen LogP contribution is 2.14. The number of nitrogens with one attached hydrogen (secondary N) is 1. The molecule has 0 aliphatic carbocycles. The van der Waals surface area contributed by atoms with Crippen LogP contribution >= 0.6 is 0 Å². The van der Waals surface area contributed by atoms with Gasteiger partial charge >= 0.3 is 0 Å². The summed E-state index contributed by atoms with van der Waals surface area (Å²) in [4.78, 5) is 14.5. The van der Waals surface area contributed by atoms with Crippen LogP contribution in [0, 0.1) is 5.92 Å². The van der Waals surface area contributed by atoms with E-state index in [0.717, 1.165) is 38.8 Å². The third kappa shape index (κ3) is 4.58. The van der Waals surface area contributed by atoms with E-state index < -0.39 is 0 Å². The van der Waals surface area contributed by atoms with Crippen molar-refractivity contribution in [3.63, 3.8) is 0 Å². The van der Waals surface area contributed by atoms with Crippen LogP contribution in [0.1, 0.15) is 46.5 Å². The van der Waals surface area contributed by atoms with Crippen molar-refractivity contribution in [3.05, 3.63) is 0 Å². The van der Waals surface area contributed by atoms with Gasteiger partial charge in [0.15, 0.2) is 0 Å². The van der Waals surface area contributed by atoms with Crippen LogP contribution < -0.4 is 11.1 Å². The summed E-state index contributed by atoms with van der Waals surface area (Å²) in [6, 6.07) is 0.955. The van der Waals surface area contributed by atoms with Crippen LogP contribution in [0.4, 0.5) is 0 Å². The Labute approximate surface area is 111 Å². The third-order valence-electron chi connectivity index (χ3n) is 3.90. The van der Waals surface area contributed by atoms with Crippen molar-refractivity contribution >= 4 is 5.91 Å². The highest BCUT2D eigenvalue weighted by atomic mass is 16.1. The summed E-state index contributed by atoms with van der Waals surface area (Å²) in [5.41, 5.74) is 5.66. The van der Waals surface area contributed by atoms with Gasteiger partial charge in [-0.2, -0.15) is 0 Å². The van der Waals surface area contributed by atoms with Gasteiger partial charge in [-0.05, 0) is 33.1 Å². The molecule has 0 saturated carbocycles. The number of rotatable bonds is 6. The zero-order chi connectivity index (χ0) is 13.5. The minimum absolute atomic E-state index is 0.00173. The molecular weight excluding hydrogens is 226 g/mol. The smallest absolute Gasteiger partial charge is 0.224 e. The Balaban J connectivity index is 2.33. The maximum absolute atomic E-state index is 12.0. The lowest BCUT2D eigenvalue weighted by Gasteiger charge is -2.35. The Morgan fingerprint density at radius 1 is 1.39 bits per heavy atom. The van der Waals surface area contributed by atoms with E-state index in [-0.39, 0.29) is 11.8 Å². The maximum Gasteiger partial charge on any atom is 0.224 e. The van der Waals surface area contributed by atoms with Crippen molar-refractivity contribution in [2.75, 3.05) is 19.6 Å². The van der Waals surface area contributed by atoms with Crippen molar-refractivity contribution in [2.24, 2.45) is 11.7 Å². The fourth-order valence-corrected chi connectivity index (χ4v) is 2.58. The molecule has 1 atom stereocenters. The summed E-state index contributed by atoms with van der Waals surface area (Å²) in [5, 5.41) is 3.17. The lowest BCUT2D eigenvalue weighted by molar-refractivity contribution is -0.126. The molecule has 1 aliphatic heterocycles. The Hall–Kier alpha value is -0.610. The second-order valence-electron chi connectivity index (χ2n) is 5.63. The van der Waals surface area contributed by atoms with Crippen molar-refractivity contribution in [1.82, 2.24) is 10.2 Å². The fraction of sp³-hybridized carbons (Fsp3) is 0.929. The number of nitrogens with zero attached hydrogens (tertiary/aromatic N) is 1. The van der Waals surface area contributed by atoms with Gasteiger partial charge in [-0.15, -0.1) is 0 Å². The molecule has 0 radical (unpaired) electrons. The summed E-state index contributed by atoms with van der Waals surface area (Å²) >= 11 is 0. The third-order valence-corrected chi connectivity index (χ3v) is 3.90. The van der Waals surface area contributed by atoms with E-state index in [2.05, 4.69) is 31.0 Å². The SMILES string of the molecule is CCCC(CN)C(=O)NC1CCN(C(C)C)CC1. The van der Waals surface area contributed by atoms with Gasteiger partial charge in [-0.25, -0.2) is 0 Å². The molecular formula is C14H29N3O. The summed E-state index contributed by atoms with van der Waals surface area (Å²) in [7, 11) is 0. The first-order chi connectivity index (χ1) is 8.58. The number of carbonyl (C=O) groups excluding carboxylic acids is 1. The first-order valence-electron chi connectivity index (χ1n) is 7.33. The van der Waals surface area contributed by atoms with Crippen molar-refractivity contribution in [2.45, 2.75) is 58.5 Å². The van der Waals surface area contributed by atoms with Gasteiger partial charge in [0.2, 0.25) is 5.91 Å². The van der Waals surface area contributed by atoms with E-state index in [1.807, 2.05) is 0 Å². The van der Waals surface area contributed by atoms with Crippen molar-refractivity contribution < 1.29 is 4.79 Å². The van der Waals surface area contributed by atoms with Gasteiger partial charge in [-0.3, -0.25) is 4.79 Å². The monoisotopic (exact) mass is 255 g/mol. The van der Waals surface area contributed by atoms with Gasteiger partial charge in [0.05, 0.1) is 5.92 Å². The molecule has 1 rings (SSSR count). The minimum atomic E-state index is -0.00173. The number of carbonyl (C=O) groups is 1. The number of hydrogen-bond acceptors (Lipinski definition) is 3. The molecule has 0 aromatic carbocycles. The Morgan fingerprint density at radius 2 is 2.00 bits per heavy atom. The topological polar surface area (TPSA) is 58.4 Å². The van der Waals surface area contributed by atoms with Crippen molar-refractivity contribution in [3.8, 4) is 0 Å².